The molecule has 0 saturated carbocycles. The van der Waals surface area contributed by atoms with Crippen molar-refractivity contribution in [2.24, 2.45) is 5.73 Å². The summed E-state index contributed by atoms with van der Waals surface area (Å²) in [4.78, 5) is 24.7. The van der Waals surface area contributed by atoms with Crippen LogP contribution in [0.3, 0.4) is 0 Å². The van der Waals surface area contributed by atoms with E-state index in [1.807, 2.05) is 17.5 Å². The summed E-state index contributed by atoms with van der Waals surface area (Å²) in [5, 5.41) is 8.69. The summed E-state index contributed by atoms with van der Waals surface area (Å²) < 4.78 is 3.85. The summed E-state index contributed by atoms with van der Waals surface area (Å²) in [7, 11) is 0. The molecule has 0 bridgehead atoms. The van der Waals surface area contributed by atoms with Crippen molar-refractivity contribution in [1.29, 1.82) is 0 Å². The highest BCUT2D eigenvalue weighted by atomic mass is 32.1. The van der Waals surface area contributed by atoms with Gasteiger partial charge in [-0.05, 0) is 47.2 Å². The molecule has 3 aromatic rings. The van der Waals surface area contributed by atoms with Crippen molar-refractivity contribution in [3.05, 3.63) is 52.2 Å². The lowest BCUT2D eigenvalue weighted by atomic mass is 10.2. The van der Waals surface area contributed by atoms with E-state index in [9.17, 15) is 9.59 Å². The molecule has 8 heteroatoms. The van der Waals surface area contributed by atoms with E-state index in [0.29, 0.717) is 21.8 Å². The Morgan fingerprint density at radius 2 is 1.91 bits per heavy atom. The van der Waals surface area contributed by atoms with Gasteiger partial charge in [0, 0.05) is 11.3 Å². The number of amides is 2. The Balaban J connectivity index is 1.81. The molecule has 110 valence electrons. The van der Waals surface area contributed by atoms with E-state index in [1.54, 1.807) is 24.3 Å². The van der Waals surface area contributed by atoms with Crippen LogP contribution in [0.4, 0.5) is 5.69 Å². The zero-order valence-corrected chi connectivity index (χ0v) is 12.8. The molecule has 0 aliphatic heterocycles. The van der Waals surface area contributed by atoms with Gasteiger partial charge in [0.15, 0.2) is 0 Å². The molecular formula is C14H10N4O2S2. The van der Waals surface area contributed by atoms with Gasteiger partial charge < -0.3 is 11.1 Å². The maximum absolute atomic E-state index is 12.3. The molecular weight excluding hydrogens is 320 g/mol. The number of aromatic nitrogens is 2. The third-order valence-electron chi connectivity index (χ3n) is 2.88. The lowest BCUT2D eigenvalue weighted by Crippen LogP contribution is -2.13. The first-order valence-corrected chi connectivity index (χ1v) is 7.88. The zero-order chi connectivity index (χ0) is 15.5. The minimum atomic E-state index is -0.510. The van der Waals surface area contributed by atoms with Crippen molar-refractivity contribution < 1.29 is 9.59 Å². The van der Waals surface area contributed by atoms with Crippen LogP contribution in [-0.4, -0.2) is 21.4 Å². The highest BCUT2D eigenvalue weighted by Gasteiger charge is 2.18. The average molecular weight is 330 g/mol. The fourth-order valence-electron chi connectivity index (χ4n) is 1.82. The molecule has 2 aromatic heterocycles. The van der Waals surface area contributed by atoms with E-state index >= 15 is 0 Å². The van der Waals surface area contributed by atoms with Crippen molar-refractivity contribution in [3.63, 3.8) is 0 Å². The molecule has 0 spiro atoms. The van der Waals surface area contributed by atoms with Gasteiger partial charge in [0.05, 0.1) is 4.88 Å². The van der Waals surface area contributed by atoms with E-state index < -0.39 is 5.91 Å². The van der Waals surface area contributed by atoms with Gasteiger partial charge in [0.2, 0.25) is 5.91 Å². The predicted molar refractivity (Wildman–Crippen MR) is 86.1 cm³/mol. The van der Waals surface area contributed by atoms with Crippen LogP contribution in [0.25, 0.3) is 10.6 Å². The second kappa shape index (κ2) is 6.04. The summed E-state index contributed by atoms with van der Waals surface area (Å²) in [5.74, 6) is -0.797. The number of thiophene rings is 1. The normalized spacial score (nSPS) is 10.4. The quantitative estimate of drug-likeness (QED) is 0.768. The number of nitrogens with one attached hydrogen (secondary N) is 1. The highest BCUT2D eigenvalue weighted by Crippen LogP contribution is 2.28. The number of benzene rings is 1. The van der Waals surface area contributed by atoms with E-state index in [4.69, 9.17) is 5.73 Å². The summed E-state index contributed by atoms with van der Waals surface area (Å²) >= 11 is 2.54. The molecule has 22 heavy (non-hydrogen) atoms. The van der Waals surface area contributed by atoms with E-state index in [0.717, 1.165) is 16.4 Å². The fourth-order valence-corrected chi connectivity index (χ4v) is 3.18. The average Bonchev–Trinajstić information content (AvgIpc) is 3.18. The molecule has 1 aromatic carbocycles. The standard InChI is InChI=1S/C14H10N4O2S2/c15-13(19)8-3-5-9(6-4-8)16-14(20)12-11(17-18-22-12)10-2-1-7-21-10/h1-7H,(H2,15,19)(H,16,20). The minimum absolute atomic E-state index is 0.287. The number of hydrogen-bond acceptors (Lipinski definition) is 6. The van der Waals surface area contributed by atoms with Crippen LogP contribution in [0.15, 0.2) is 41.8 Å². The van der Waals surface area contributed by atoms with Crippen LogP contribution in [0.5, 0.6) is 0 Å². The van der Waals surface area contributed by atoms with E-state index in [1.165, 1.54) is 11.3 Å². The number of carbonyl (C=O) groups excluding carboxylic acids is 2. The fraction of sp³-hybridized carbons (Fsp3) is 0. The number of rotatable bonds is 4. The molecule has 2 amide bonds. The molecule has 0 unspecified atom stereocenters. The van der Waals surface area contributed by atoms with Gasteiger partial charge in [-0.2, -0.15) is 0 Å². The largest absolute Gasteiger partial charge is 0.366 e. The van der Waals surface area contributed by atoms with Crippen LogP contribution in [0, 0.1) is 0 Å². The Hall–Kier alpha value is -2.58. The number of nitrogens with zero attached hydrogens (tertiary/aromatic N) is 2. The number of primary amides is 1. The highest BCUT2D eigenvalue weighted by molar-refractivity contribution is 7.14. The minimum Gasteiger partial charge on any atom is -0.366 e. The summed E-state index contributed by atoms with van der Waals surface area (Å²) in [6, 6.07) is 10.1. The van der Waals surface area contributed by atoms with Crippen molar-refractivity contribution in [2.45, 2.75) is 0 Å². The van der Waals surface area contributed by atoms with E-state index in [-0.39, 0.29) is 5.91 Å². The van der Waals surface area contributed by atoms with Gasteiger partial charge in [0.1, 0.15) is 10.6 Å². The second-order valence-electron chi connectivity index (χ2n) is 4.32. The summed E-state index contributed by atoms with van der Waals surface area (Å²) in [6.45, 7) is 0. The zero-order valence-electron chi connectivity index (χ0n) is 11.1. The molecule has 2 heterocycles. The molecule has 0 radical (unpaired) electrons. The van der Waals surface area contributed by atoms with Crippen LogP contribution < -0.4 is 11.1 Å². The number of hydrogen-bond donors (Lipinski definition) is 2. The van der Waals surface area contributed by atoms with Gasteiger partial charge in [-0.3, -0.25) is 9.59 Å². The monoisotopic (exact) mass is 330 g/mol. The number of anilines is 1. The van der Waals surface area contributed by atoms with Crippen LogP contribution in [0.2, 0.25) is 0 Å². The van der Waals surface area contributed by atoms with Gasteiger partial charge in [-0.1, -0.05) is 10.6 Å². The molecule has 0 fully saturated rings. The van der Waals surface area contributed by atoms with Gasteiger partial charge in [-0.15, -0.1) is 16.4 Å². The van der Waals surface area contributed by atoms with Gasteiger partial charge in [0.25, 0.3) is 5.91 Å². The Morgan fingerprint density at radius 1 is 1.14 bits per heavy atom. The topological polar surface area (TPSA) is 98.0 Å². The number of nitrogens with two attached hydrogens (primary N) is 1. The maximum atomic E-state index is 12.3. The van der Waals surface area contributed by atoms with Crippen LogP contribution >= 0.6 is 22.9 Å². The smallest absolute Gasteiger partial charge is 0.269 e. The Morgan fingerprint density at radius 3 is 2.55 bits per heavy atom. The second-order valence-corrected chi connectivity index (χ2v) is 6.03. The number of carbonyl (C=O) groups is 2. The van der Waals surface area contributed by atoms with Crippen molar-refractivity contribution in [2.75, 3.05) is 5.32 Å². The summed E-state index contributed by atoms with van der Waals surface area (Å²) in [5.41, 5.74) is 6.71. The molecule has 0 atom stereocenters. The first-order chi connectivity index (χ1) is 10.6. The molecule has 0 saturated heterocycles. The maximum Gasteiger partial charge on any atom is 0.269 e. The predicted octanol–water partition coefficient (Wildman–Crippen LogP) is 2.62. The van der Waals surface area contributed by atoms with Gasteiger partial charge in [-0.25, -0.2) is 0 Å². The molecule has 6 nitrogen and oxygen atoms in total. The van der Waals surface area contributed by atoms with Gasteiger partial charge >= 0.3 is 0 Å². The Bertz CT molecular complexity index is 810. The van der Waals surface area contributed by atoms with Crippen LogP contribution in [0.1, 0.15) is 20.0 Å². The lowest BCUT2D eigenvalue weighted by Gasteiger charge is -2.04. The molecule has 0 aliphatic carbocycles. The molecule has 3 rings (SSSR count). The Kier molecular flexibility index (Phi) is 3.94. The molecule has 0 aliphatic rings. The third kappa shape index (κ3) is 2.87. The lowest BCUT2D eigenvalue weighted by molar-refractivity contribution is 0.0998. The molecule has 3 N–H and O–H groups in total. The third-order valence-corrected chi connectivity index (χ3v) is 4.48. The summed E-state index contributed by atoms with van der Waals surface area (Å²) in [6.07, 6.45) is 0. The Labute approximate surface area is 133 Å². The first kappa shape index (κ1) is 14.4. The van der Waals surface area contributed by atoms with E-state index in [2.05, 4.69) is 14.9 Å². The SMILES string of the molecule is NC(=O)c1ccc(NC(=O)c2snnc2-c2cccs2)cc1. The first-order valence-electron chi connectivity index (χ1n) is 6.22. The van der Waals surface area contributed by atoms with Crippen molar-refractivity contribution >= 4 is 40.4 Å². The van der Waals surface area contributed by atoms with Crippen molar-refractivity contribution in [3.8, 4) is 10.6 Å². The van der Waals surface area contributed by atoms with Crippen LogP contribution in [-0.2, 0) is 0 Å². The van der Waals surface area contributed by atoms with Crippen molar-refractivity contribution in [1.82, 2.24) is 9.59 Å².